The minimum absolute atomic E-state index is 0.0142. The highest BCUT2D eigenvalue weighted by atomic mass is 79.9. The molecule has 0 fully saturated rings. The summed E-state index contributed by atoms with van der Waals surface area (Å²) in [5.74, 6) is 0.181. The van der Waals surface area contributed by atoms with Gasteiger partial charge in [0.25, 0.3) is 0 Å². The lowest BCUT2D eigenvalue weighted by molar-refractivity contribution is 0.474. The molecule has 0 aliphatic rings. The Morgan fingerprint density at radius 2 is 2.04 bits per heavy atom. The maximum atomic E-state index is 10.1. The third kappa shape index (κ3) is 5.31. The van der Waals surface area contributed by atoms with E-state index in [0.29, 0.717) is 12.0 Å². The quantitative estimate of drug-likeness (QED) is 0.391. The van der Waals surface area contributed by atoms with Crippen molar-refractivity contribution in [3.05, 3.63) is 92.7 Å². The van der Waals surface area contributed by atoms with Crippen LogP contribution in [0.4, 0.5) is 0 Å². The van der Waals surface area contributed by atoms with Crippen molar-refractivity contribution in [1.29, 1.82) is 0 Å². The van der Waals surface area contributed by atoms with E-state index in [4.69, 9.17) is 11.6 Å². The summed E-state index contributed by atoms with van der Waals surface area (Å²) in [6, 6.07) is 15.2. The number of benzene rings is 2. The van der Waals surface area contributed by atoms with Crippen molar-refractivity contribution < 1.29 is 5.11 Å². The number of hydrazone groups is 1. The molecule has 1 atom stereocenters. The summed E-state index contributed by atoms with van der Waals surface area (Å²) in [5, 5.41) is 15.1. The molecule has 138 valence electrons. The van der Waals surface area contributed by atoms with E-state index in [2.05, 4.69) is 31.4 Å². The largest absolute Gasteiger partial charge is 0.507 e. The molecule has 2 aromatic carbocycles. The fraction of sp³-hybridized carbons (Fsp3) is 0.143. The molecular weight excluding hydrogens is 426 g/mol. The number of phenolic OH excluding ortho intramolecular Hbond substituents is 1. The molecule has 0 bridgehead atoms. The van der Waals surface area contributed by atoms with Crippen LogP contribution in [0.1, 0.15) is 35.2 Å². The van der Waals surface area contributed by atoms with E-state index in [1.165, 1.54) is 0 Å². The van der Waals surface area contributed by atoms with Gasteiger partial charge in [0.05, 0.1) is 12.3 Å². The van der Waals surface area contributed by atoms with Crippen LogP contribution in [0.2, 0.25) is 5.02 Å². The first-order chi connectivity index (χ1) is 13.0. The van der Waals surface area contributed by atoms with Crippen LogP contribution in [-0.4, -0.2) is 16.3 Å². The first kappa shape index (κ1) is 19.4. The molecule has 0 saturated carbocycles. The molecule has 27 heavy (non-hydrogen) atoms. The Balaban J connectivity index is 1.71. The number of phenols is 1. The van der Waals surface area contributed by atoms with Crippen LogP contribution in [0.5, 0.6) is 5.75 Å². The number of hydrogen-bond donors (Lipinski definition) is 2. The molecule has 0 aliphatic carbocycles. The Morgan fingerprint density at radius 1 is 1.22 bits per heavy atom. The summed E-state index contributed by atoms with van der Waals surface area (Å²) in [6.07, 6.45) is 5.84. The van der Waals surface area contributed by atoms with Crippen LogP contribution >= 0.6 is 27.5 Å². The molecule has 1 heterocycles. The number of nitrogens with one attached hydrogen (secondary N) is 1. The molecule has 3 rings (SSSR count). The Hall–Kier alpha value is -2.37. The summed E-state index contributed by atoms with van der Waals surface area (Å²) in [4.78, 5) is 4.15. The number of aromatic hydroxyl groups is 1. The highest BCUT2D eigenvalue weighted by Gasteiger charge is 2.06. The molecule has 0 aliphatic heterocycles. The summed E-state index contributed by atoms with van der Waals surface area (Å²) in [5.41, 5.74) is 6.80. The maximum absolute atomic E-state index is 10.1. The van der Waals surface area contributed by atoms with E-state index in [-0.39, 0.29) is 11.8 Å². The van der Waals surface area contributed by atoms with Gasteiger partial charge in [0.1, 0.15) is 5.75 Å². The van der Waals surface area contributed by atoms with Gasteiger partial charge in [-0.2, -0.15) is 5.10 Å². The summed E-state index contributed by atoms with van der Waals surface area (Å²) in [7, 11) is 0. The van der Waals surface area contributed by atoms with Gasteiger partial charge in [0.15, 0.2) is 0 Å². The van der Waals surface area contributed by atoms with Gasteiger partial charge in [-0.15, -0.1) is 0 Å². The lowest BCUT2D eigenvalue weighted by atomic mass is 10.0. The fourth-order valence-electron chi connectivity index (χ4n) is 2.64. The molecule has 3 aromatic rings. The van der Waals surface area contributed by atoms with E-state index in [1.807, 2.05) is 49.4 Å². The van der Waals surface area contributed by atoms with Crippen molar-refractivity contribution in [2.45, 2.75) is 19.4 Å². The number of pyridine rings is 1. The van der Waals surface area contributed by atoms with Gasteiger partial charge in [-0.3, -0.25) is 4.98 Å². The molecular formula is C21H19BrClN3O. The predicted molar refractivity (Wildman–Crippen MR) is 113 cm³/mol. The zero-order chi connectivity index (χ0) is 19.2. The standard InChI is InChI=1S/C21H19BrClN3O/c1-14(17-10-19(22)13-24-11-17)26-25-12-18-9-15(6-7-21(18)27)8-16-4-2-3-5-20(16)23/h2-7,9-14,26-27H,8H2,1H3/b25-12-. The second-order valence-electron chi connectivity index (χ2n) is 6.21. The van der Waals surface area contributed by atoms with Gasteiger partial charge in [0.2, 0.25) is 0 Å². The molecule has 0 saturated heterocycles. The number of hydrogen-bond acceptors (Lipinski definition) is 4. The number of nitrogens with zero attached hydrogens (tertiary/aromatic N) is 2. The first-order valence-corrected chi connectivity index (χ1v) is 9.64. The van der Waals surface area contributed by atoms with Gasteiger partial charge in [0, 0.05) is 27.5 Å². The van der Waals surface area contributed by atoms with Crippen molar-refractivity contribution in [3.63, 3.8) is 0 Å². The number of rotatable bonds is 6. The SMILES string of the molecule is CC(N/N=C\c1cc(Cc2ccccc2Cl)ccc1O)c1cncc(Br)c1. The summed E-state index contributed by atoms with van der Waals surface area (Å²) in [6.45, 7) is 1.99. The van der Waals surface area contributed by atoms with Crippen LogP contribution in [0.3, 0.4) is 0 Å². The van der Waals surface area contributed by atoms with Crippen LogP contribution in [0.15, 0.2) is 70.5 Å². The summed E-state index contributed by atoms with van der Waals surface area (Å²) < 4.78 is 0.919. The van der Waals surface area contributed by atoms with Crippen molar-refractivity contribution in [2.24, 2.45) is 5.10 Å². The van der Waals surface area contributed by atoms with Crippen molar-refractivity contribution >= 4 is 33.7 Å². The average molecular weight is 445 g/mol. The van der Waals surface area contributed by atoms with Crippen molar-refractivity contribution in [2.75, 3.05) is 0 Å². The van der Waals surface area contributed by atoms with Crippen LogP contribution < -0.4 is 5.43 Å². The third-order valence-electron chi connectivity index (χ3n) is 4.14. The maximum Gasteiger partial charge on any atom is 0.124 e. The van der Waals surface area contributed by atoms with Crippen LogP contribution in [0.25, 0.3) is 0 Å². The average Bonchev–Trinajstić information content (AvgIpc) is 2.66. The fourth-order valence-corrected chi connectivity index (χ4v) is 3.22. The van der Waals surface area contributed by atoms with Crippen LogP contribution in [-0.2, 0) is 6.42 Å². The third-order valence-corrected chi connectivity index (χ3v) is 4.94. The molecule has 1 unspecified atom stereocenters. The summed E-state index contributed by atoms with van der Waals surface area (Å²) >= 11 is 9.65. The molecule has 6 heteroatoms. The van der Waals surface area contributed by atoms with E-state index < -0.39 is 0 Å². The molecule has 1 aromatic heterocycles. The minimum atomic E-state index is -0.0142. The minimum Gasteiger partial charge on any atom is -0.507 e. The lowest BCUT2D eigenvalue weighted by Crippen LogP contribution is -2.12. The zero-order valence-electron chi connectivity index (χ0n) is 14.7. The van der Waals surface area contributed by atoms with E-state index in [9.17, 15) is 5.11 Å². The molecule has 0 spiro atoms. The Labute approximate surface area is 172 Å². The zero-order valence-corrected chi connectivity index (χ0v) is 17.1. The molecule has 4 nitrogen and oxygen atoms in total. The van der Waals surface area contributed by atoms with Gasteiger partial charge < -0.3 is 10.5 Å². The Kier molecular flexibility index (Phi) is 6.48. The van der Waals surface area contributed by atoms with Gasteiger partial charge in [-0.05, 0) is 70.2 Å². The number of aromatic nitrogens is 1. The molecule has 0 radical (unpaired) electrons. The second-order valence-corrected chi connectivity index (χ2v) is 7.53. The number of halogens is 2. The molecule has 2 N–H and O–H groups in total. The smallest absolute Gasteiger partial charge is 0.124 e. The van der Waals surface area contributed by atoms with Crippen molar-refractivity contribution in [1.82, 2.24) is 10.4 Å². The second kappa shape index (κ2) is 9.02. The van der Waals surface area contributed by atoms with E-state index >= 15 is 0 Å². The van der Waals surface area contributed by atoms with Crippen LogP contribution in [0, 0.1) is 0 Å². The Morgan fingerprint density at radius 3 is 2.81 bits per heavy atom. The monoisotopic (exact) mass is 443 g/mol. The van der Waals surface area contributed by atoms with E-state index in [1.54, 1.807) is 24.7 Å². The Bertz CT molecular complexity index is 962. The normalized spacial score (nSPS) is 12.3. The van der Waals surface area contributed by atoms with Gasteiger partial charge in [-0.1, -0.05) is 35.9 Å². The van der Waals surface area contributed by atoms with Crippen molar-refractivity contribution in [3.8, 4) is 5.75 Å². The highest BCUT2D eigenvalue weighted by molar-refractivity contribution is 9.10. The van der Waals surface area contributed by atoms with Gasteiger partial charge in [-0.25, -0.2) is 0 Å². The lowest BCUT2D eigenvalue weighted by Gasteiger charge is -2.11. The predicted octanol–water partition coefficient (Wildman–Crippen LogP) is 5.48. The molecule has 0 amide bonds. The van der Waals surface area contributed by atoms with Gasteiger partial charge >= 0.3 is 0 Å². The van der Waals surface area contributed by atoms with E-state index in [0.717, 1.165) is 26.2 Å². The first-order valence-electron chi connectivity index (χ1n) is 8.47. The topological polar surface area (TPSA) is 57.5 Å². The highest BCUT2D eigenvalue weighted by Crippen LogP contribution is 2.22.